The Balaban J connectivity index is 1.45. The molecule has 0 aromatic heterocycles. The van der Waals surface area contributed by atoms with Gasteiger partial charge in [-0.25, -0.2) is 4.79 Å². The van der Waals surface area contributed by atoms with Gasteiger partial charge in [-0.05, 0) is 5.56 Å². The van der Waals surface area contributed by atoms with Crippen LogP contribution in [0.1, 0.15) is 5.56 Å². The zero-order chi connectivity index (χ0) is 13.8. The molecule has 2 aliphatic heterocycles. The predicted molar refractivity (Wildman–Crippen MR) is 68.0 cm³/mol. The molecule has 0 aliphatic carbocycles. The fourth-order valence-corrected chi connectivity index (χ4v) is 1.69. The lowest BCUT2D eigenvalue weighted by Gasteiger charge is -2.07. The van der Waals surface area contributed by atoms with Crippen LogP contribution in [0.5, 0.6) is 0 Å². The third-order valence-electron chi connectivity index (χ3n) is 2.87. The van der Waals surface area contributed by atoms with E-state index in [0.29, 0.717) is 6.61 Å². The number of esters is 1. The van der Waals surface area contributed by atoms with Crippen molar-refractivity contribution < 1.29 is 23.8 Å². The normalized spacial score (nSPS) is 23.9. The summed E-state index contributed by atoms with van der Waals surface area (Å²) in [5.41, 5.74) is 3.52. The lowest BCUT2D eigenvalue weighted by atomic mass is 10.2. The molecule has 1 unspecified atom stereocenters. The molecule has 1 aromatic rings. The van der Waals surface area contributed by atoms with E-state index in [1.54, 1.807) is 6.08 Å². The van der Waals surface area contributed by atoms with Gasteiger partial charge < -0.3 is 19.0 Å². The van der Waals surface area contributed by atoms with Crippen LogP contribution >= 0.6 is 0 Å². The first kappa shape index (κ1) is 13.1. The number of benzene rings is 1. The van der Waals surface area contributed by atoms with Crippen LogP contribution in [0.4, 0.5) is 0 Å². The fraction of sp³-hybridized carbons (Fsp3) is 0.357. The predicted octanol–water partition coefficient (Wildman–Crippen LogP) is 0.890. The lowest BCUT2D eigenvalue weighted by molar-refractivity contribution is -0.145. The standard InChI is InChI=1S/C14H15NO5/c16-14(19-7-10-4-2-1-3-5-10)12-6-13(15-20-12)18-9-11-8-17-11/h1-6,11,13,15H,7-9H2/t11-,13?/m1/s1. The van der Waals surface area contributed by atoms with Crippen molar-refractivity contribution in [2.75, 3.05) is 13.2 Å². The largest absolute Gasteiger partial charge is 0.455 e. The van der Waals surface area contributed by atoms with Gasteiger partial charge in [0.25, 0.3) is 0 Å². The molecule has 0 amide bonds. The van der Waals surface area contributed by atoms with E-state index in [0.717, 1.165) is 12.2 Å². The van der Waals surface area contributed by atoms with Gasteiger partial charge >= 0.3 is 5.97 Å². The second-order valence-corrected chi connectivity index (χ2v) is 4.52. The van der Waals surface area contributed by atoms with Gasteiger partial charge in [0.1, 0.15) is 12.7 Å². The molecule has 1 N–H and O–H groups in total. The first-order chi connectivity index (χ1) is 9.81. The van der Waals surface area contributed by atoms with Gasteiger partial charge in [0.2, 0.25) is 5.76 Å². The van der Waals surface area contributed by atoms with E-state index in [1.807, 2.05) is 30.3 Å². The number of epoxide rings is 1. The zero-order valence-corrected chi connectivity index (χ0v) is 10.8. The number of hydroxylamine groups is 1. The van der Waals surface area contributed by atoms with Crippen molar-refractivity contribution in [1.29, 1.82) is 0 Å². The molecule has 2 aliphatic rings. The van der Waals surface area contributed by atoms with Crippen LogP contribution in [0.15, 0.2) is 42.2 Å². The molecule has 1 saturated heterocycles. The minimum absolute atomic E-state index is 0.114. The molecular formula is C14H15NO5. The molecule has 6 heteroatoms. The van der Waals surface area contributed by atoms with Gasteiger partial charge in [-0.3, -0.25) is 0 Å². The second kappa shape index (κ2) is 6.04. The van der Waals surface area contributed by atoms with Crippen LogP contribution in [0.2, 0.25) is 0 Å². The first-order valence-corrected chi connectivity index (χ1v) is 6.40. The molecule has 2 heterocycles. The highest BCUT2D eigenvalue weighted by Crippen LogP contribution is 2.14. The maximum atomic E-state index is 11.8. The van der Waals surface area contributed by atoms with Crippen molar-refractivity contribution >= 4 is 5.97 Å². The highest BCUT2D eigenvalue weighted by Gasteiger charge is 2.28. The highest BCUT2D eigenvalue weighted by atomic mass is 16.7. The summed E-state index contributed by atoms with van der Waals surface area (Å²) in [7, 11) is 0. The third kappa shape index (κ3) is 3.57. The average Bonchev–Trinajstić information content (AvgIpc) is 3.20. The van der Waals surface area contributed by atoms with E-state index < -0.39 is 12.2 Å². The van der Waals surface area contributed by atoms with Crippen LogP contribution in [-0.2, 0) is 30.4 Å². The number of ether oxygens (including phenoxy) is 3. The molecule has 0 bridgehead atoms. The Morgan fingerprint density at radius 2 is 2.15 bits per heavy atom. The Morgan fingerprint density at radius 1 is 1.35 bits per heavy atom. The Bertz CT molecular complexity index is 498. The summed E-state index contributed by atoms with van der Waals surface area (Å²) in [6.45, 7) is 1.41. The number of carbonyl (C=O) groups excluding carboxylic acids is 1. The molecule has 20 heavy (non-hydrogen) atoms. The van der Waals surface area contributed by atoms with Gasteiger partial charge in [-0.15, -0.1) is 5.48 Å². The Hall–Kier alpha value is -1.89. The summed E-state index contributed by atoms with van der Waals surface area (Å²) < 4.78 is 15.6. The molecule has 2 atom stereocenters. The molecule has 0 radical (unpaired) electrons. The molecular weight excluding hydrogens is 262 g/mol. The van der Waals surface area contributed by atoms with Crippen LogP contribution in [0, 0.1) is 0 Å². The Morgan fingerprint density at radius 3 is 2.90 bits per heavy atom. The van der Waals surface area contributed by atoms with Crippen LogP contribution in [0.3, 0.4) is 0 Å². The number of hydrogen-bond acceptors (Lipinski definition) is 6. The fourth-order valence-electron chi connectivity index (χ4n) is 1.69. The summed E-state index contributed by atoms with van der Waals surface area (Å²) in [6.07, 6.45) is 1.27. The SMILES string of the molecule is O=C(OCc1ccccc1)C1=CC(OC[C@H]2CO2)NO1. The molecule has 1 aromatic carbocycles. The average molecular weight is 277 g/mol. The van der Waals surface area contributed by atoms with Crippen molar-refractivity contribution in [2.45, 2.75) is 18.9 Å². The van der Waals surface area contributed by atoms with Crippen molar-refractivity contribution in [3.63, 3.8) is 0 Å². The second-order valence-electron chi connectivity index (χ2n) is 4.52. The van der Waals surface area contributed by atoms with Crippen LogP contribution < -0.4 is 5.48 Å². The maximum Gasteiger partial charge on any atom is 0.376 e. The van der Waals surface area contributed by atoms with Crippen molar-refractivity contribution in [3.05, 3.63) is 47.7 Å². The van der Waals surface area contributed by atoms with E-state index >= 15 is 0 Å². The molecule has 106 valence electrons. The topological polar surface area (TPSA) is 69.3 Å². The summed E-state index contributed by atoms with van der Waals surface area (Å²) in [5, 5.41) is 0. The minimum Gasteiger partial charge on any atom is -0.455 e. The number of hydrogen-bond donors (Lipinski definition) is 1. The van der Waals surface area contributed by atoms with Gasteiger partial charge in [0.15, 0.2) is 6.23 Å². The van der Waals surface area contributed by atoms with Gasteiger partial charge in [-0.1, -0.05) is 30.3 Å². The number of nitrogens with one attached hydrogen (secondary N) is 1. The number of carbonyl (C=O) groups is 1. The van der Waals surface area contributed by atoms with E-state index in [2.05, 4.69) is 5.48 Å². The molecule has 3 rings (SSSR count). The smallest absolute Gasteiger partial charge is 0.376 e. The molecule has 0 spiro atoms. The molecule has 6 nitrogen and oxygen atoms in total. The quantitative estimate of drug-likeness (QED) is 0.615. The monoisotopic (exact) mass is 277 g/mol. The maximum absolute atomic E-state index is 11.8. The summed E-state index contributed by atoms with van der Waals surface area (Å²) >= 11 is 0. The van der Waals surface area contributed by atoms with Crippen LogP contribution in [0.25, 0.3) is 0 Å². The van der Waals surface area contributed by atoms with Gasteiger partial charge in [0, 0.05) is 6.08 Å². The molecule has 0 saturated carbocycles. The lowest BCUT2D eigenvalue weighted by Crippen LogP contribution is -2.25. The minimum atomic E-state index is -0.518. The first-order valence-electron chi connectivity index (χ1n) is 6.40. The Kier molecular flexibility index (Phi) is 3.96. The van der Waals surface area contributed by atoms with Crippen molar-refractivity contribution in [2.24, 2.45) is 0 Å². The number of rotatable bonds is 6. The Labute approximate surface area is 116 Å². The van der Waals surface area contributed by atoms with Crippen LogP contribution in [-0.4, -0.2) is 31.5 Å². The summed E-state index contributed by atoms with van der Waals surface area (Å²) in [6, 6.07) is 9.46. The van der Waals surface area contributed by atoms with Crippen molar-refractivity contribution in [1.82, 2.24) is 5.48 Å². The van der Waals surface area contributed by atoms with Gasteiger partial charge in [0.05, 0.1) is 13.2 Å². The molecule has 1 fully saturated rings. The summed E-state index contributed by atoms with van der Waals surface area (Å²) in [5.74, 6) is -0.405. The third-order valence-corrected chi connectivity index (χ3v) is 2.87. The highest BCUT2D eigenvalue weighted by molar-refractivity contribution is 5.86. The summed E-state index contributed by atoms with van der Waals surface area (Å²) in [4.78, 5) is 16.8. The van der Waals surface area contributed by atoms with Gasteiger partial charge in [-0.2, -0.15) is 0 Å². The van der Waals surface area contributed by atoms with E-state index in [9.17, 15) is 4.79 Å². The van der Waals surface area contributed by atoms with E-state index in [1.165, 1.54) is 0 Å². The van der Waals surface area contributed by atoms with E-state index in [4.69, 9.17) is 19.0 Å². The van der Waals surface area contributed by atoms with E-state index in [-0.39, 0.29) is 18.5 Å². The van der Waals surface area contributed by atoms with Crippen molar-refractivity contribution in [3.8, 4) is 0 Å². The zero-order valence-electron chi connectivity index (χ0n) is 10.8.